The van der Waals surface area contributed by atoms with Gasteiger partial charge in [-0.05, 0) is 61.4 Å². The maximum absolute atomic E-state index is 13.3. The third-order valence-corrected chi connectivity index (χ3v) is 8.11. The van der Waals surface area contributed by atoms with E-state index in [1.165, 1.54) is 11.8 Å². The topological polar surface area (TPSA) is 77.3 Å². The summed E-state index contributed by atoms with van der Waals surface area (Å²) in [5.74, 6) is 0.904. The number of anilines is 1. The highest BCUT2D eigenvalue weighted by molar-refractivity contribution is 8.00. The van der Waals surface area contributed by atoms with Crippen molar-refractivity contribution in [2.75, 3.05) is 18.1 Å². The summed E-state index contributed by atoms with van der Waals surface area (Å²) in [6.45, 7) is 5.63. The van der Waals surface area contributed by atoms with Gasteiger partial charge in [-0.1, -0.05) is 17.8 Å². The molecular formula is C24H26N4O3S2. The van der Waals surface area contributed by atoms with Crippen molar-refractivity contribution < 1.29 is 14.3 Å². The van der Waals surface area contributed by atoms with Crippen LogP contribution >= 0.6 is 23.1 Å². The molecule has 1 saturated heterocycles. The van der Waals surface area contributed by atoms with Gasteiger partial charge in [0.05, 0.1) is 22.8 Å². The third-order valence-electron chi connectivity index (χ3n) is 6.16. The Morgan fingerprint density at radius 2 is 2.18 bits per heavy atom. The number of rotatable bonds is 7. The van der Waals surface area contributed by atoms with Crippen LogP contribution in [0.3, 0.4) is 0 Å². The molecular weight excluding hydrogens is 456 g/mol. The molecule has 4 heterocycles. The highest BCUT2D eigenvalue weighted by atomic mass is 32.2. The number of amides is 1. The Labute approximate surface area is 201 Å². The van der Waals surface area contributed by atoms with E-state index in [2.05, 4.69) is 14.8 Å². The zero-order valence-corrected chi connectivity index (χ0v) is 20.3. The van der Waals surface area contributed by atoms with Crippen LogP contribution in [0.2, 0.25) is 0 Å². The molecule has 2 aliphatic heterocycles. The summed E-state index contributed by atoms with van der Waals surface area (Å²) in [6.07, 6.45) is 3.01. The highest BCUT2D eigenvalue weighted by Crippen LogP contribution is 2.33. The zero-order chi connectivity index (χ0) is 22.9. The minimum atomic E-state index is -0.322. The minimum absolute atomic E-state index is 0.0314. The maximum Gasteiger partial charge on any atom is 0.223 e. The lowest BCUT2D eigenvalue weighted by Crippen LogP contribution is -2.25. The molecule has 7 nitrogen and oxygen atoms in total. The molecule has 5 rings (SSSR count). The zero-order valence-electron chi connectivity index (χ0n) is 18.7. The number of ketones is 1. The highest BCUT2D eigenvalue weighted by Gasteiger charge is 2.27. The summed E-state index contributed by atoms with van der Waals surface area (Å²) in [5, 5.41) is 11.3. The van der Waals surface area contributed by atoms with E-state index < -0.39 is 0 Å². The monoisotopic (exact) mass is 482 g/mol. The molecule has 0 bridgehead atoms. The van der Waals surface area contributed by atoms with Crippen LogP contribution in [0.1, 0.15) is 42.6 Å². The molecule has 0 aliphatic carbocycles. The number of carbonyl (C=O) groups is 2. The summed E-state index contributed by atoms with van der Waals surface area (Å²) in [4.78, 5) is 27.9. The molecule has 2 aromatic heterocycles. The summed E-state index contributed by atoms with van der Waals surface area (Å²) in [6, 6.07) is 9.70. The molecule has 1 amide bonds. The van der Waals surface area contributed by atoms with Crippen molar-refractivity contribution in [1.29, 1.82) is 0 Å². The first kappa shape index (κ1) is 22.3. The normalized spacial score (nSPS) is 18.5. The van der Waals surface area contributed by atoms with Crippen molar-refractivity contribution in [3.05, 3.63) is 46.8 Å². The van der Waals surface area contributed by atoms with Crippen LogP contribution in [-0.2, 0) is 22.5 Å². The third kappa shape index (κ3) is 4.49. The molecule has 9 heteroatoms. The van der Waals surface area contributed by atoms with Crippen LogP contribution in [-0.4, -0.2) is 51.0 Å². The van der Waals surface area contributed by atoms with Gasteiger partial charge in [0.25, 0.3) is 0 Å². The van der Waals surface area contributed by atoms with E-state index in [-0.39, 0.29) is 23.0 Å². The summed E-state index contributed by atoms with van der Waals surface area (Å²) < 4.78 is 7.97. The van der Waals surface area contributed by atoms with Gasteiger partial charge >= 0.3 is 0 Å². The Bertz CT molecular complexity index is 1170. The molecule has 2 aliphatic rings. The second-order valence-electron chi connectivity index (χ2n) is 8.42. The fourth-order valence-corrected chi connectivity index (χ4v) is 6.10. The molecule has 172 valence electrons. The van der Waals surface area contributed by atoms with E-state index in [9.17, 15) is 9.59 Å². The van der Waals surface area contributed by atoms with E-state index in [4.69, 9.17) is 4.74 Å². The molecule has 0 saturated carbocycles. The first-order chi connectivity index (χ1) is 16.0. The van der Waals surface area contributed by atoms with Crippen molar-refractivity contribution in [3.63, 3.8) is 0 Å². The Kier molecular flexibility index (Phi) is 6.36. The van der Waals surface area contributed by atoms with Gasteiger partial charge in [0, 0.05) is 31.3 Å². The lowest BCUT2D eigenvalue weighted by atomic mass is 10.0. The number of thiophene rings is 1. The number of carbonyl (C=O) groups excluding carboxylic acids is 2. The molecule has 1 fully saturated rings. The second-order valence-corrected chi connectivity index (χ2v) is 10.7. The van der Waals surface area contributed by atoms with E-state index >= 15 is 0 Å². The number of ether oxygens (including phenoxy) is 1. The largest absolute Gasteiger partial charge is 0.376 e. The van der Waals surface area contributed by atoms with Gasteiger partial charge in [-0.25, -0.2) is 0 Å². The lowest BCUT2D eigenvalue weighted by Gasteiger charge is -2.17. The standard InChI is InChI=1S/C24H26N4O3S2/c1-15(22(30)18-7-8-20-17(13-18)9-10-27(20)16(2)29)33-24-26-25-23(21-6-4-12-32-21)28(24)14-19-5-3-11-31-19/h4,6-8,12-13,15,19H,3,5,9-11,14H2,1-2H3/t15-,19+/m0/s1. The number of thioether (sulfide) groups is 1. The van der Waals surface area contributed by atoms with E-state index in [0.29, 0.717) is 18.7 Å². The van der Waals surface area contributed by atoms with Gasteiger partial charge in [-0.2, -0.15) is 0 Å². The van der Waals surface area contributed by atoms with Gasteiger partial charge in [0.1, 0.15) is 0 Å². The van der Waals surface area contributed by atoms with Crippen molar-refractivity contribution in [1.82, 2.24) is 14.8 Å². The van der Waals surface area contributed by atoms with Crippen molar-refractivity contribution >= 4 is 40.5 Å². The van der Waals surface area contributed by atoms with E-state index in [1.807, 2.05) is 42.6 Å². The Morgan fingerprint density at radius 3 is 2.91 bits per heavy atom. The second kappa shape index (κ2) is 9.40. The van der Waals surface area contributed by atoms with Gasteiger partial charge in [0.15, 0.2) is 16.8 Å². The first-order valence-electron chi connectivity index (χ1n) is 11.2. The van der Waals surface area contributed by atoms with Gasteiger partial charge < -0.3 is 9.64 Å². The number of fused-ring (bicyclic) bond motifs is 1. The van der Waals surface area contributed by atoms with Gasteiger partial charge in [0.2, 0.25) is 5.91 Å². The number of Topliss-reactive ketones (excluding diaryl/α,β-unsaturated/α-hetero) is 1. The van der Waals surface area contributed by atoms with Gasteiger partial charge in [-0.3, -0.25) is 14.2 Å². The number of hydrogen-bond donors (Lipinski definition) is 0. The summed E-state index contributed by atoms with van der Waals surface area (Å²) >= 11 is 3.07. The molecule has 0 radical (unpaired) electrons. The van der Waals surface area contributed by atoms with Crippen LogP contribution in [0, 0.1) is 0 Å². The Morgan fingerprint density at radius 1 is 1.30 bits per heavy atom. The van der Waals surface area contributed by atoms with Crippen molar-refractivity contribution in [2.24, 2.45) is 0 Å². The molecule has 0 unspecified atom stereocenters. The smallest absolute Gasteiger partial charge is 0.223 e. The molecule has 33 heavy (non-hydrogen) atoms. The number of nitrogens with zero attached hydrogens (tertiary/aromatic N) is 4. The summed E-state index contributed by atoms with van der Waals surface area (Å²) in [5.41, 5.74) is 2.63. The Hall–Kier alpha value is -2.49. The number of benzene rings is 1. The molecule has 0 N–H and O–H groups in total. The first-order valence-corrected chi connectivity index (χ1v) is 13.0. The average molecular weight is 483 g/mol. The van der Waals surface area contributed by atoms with Gasteiger partial charge in [-0.15, -0.1) is 21.5 Å². The molecule has 2 atom stereocenters. The molecule has 1 aromatic carbocycles. The predicted molar refractivity (Wildman–Crippen MR) is 130 cm³/mol. The van der Waals surface area contributed by atoms with E-state index in [1.54, 1.807) is 23.2 Å². The fourth-order valence-electron chi connectivity index (χ4n) is 4.45. The maximum atomic E-state index is 13.3. The van der Waals surface area contributed by atoms with Crippen LogP contribution < -0.4 is 4.90 Å². The quantitative estimate of drug-likeness (QED) is 0.366. The summed E-state index contributed by atoms with van der Waals surface area (Å²) in [7, 11) is 0. The average Bonchev–Trinajstić information content (AvgIpc) is 3.60. The predicted octanol–water partition coefficient (Wildman–Crippen LogP) is 4.46. The lowest BCUT2D eigenvalue weighted by molar-refractivity contribution is -0.116. The van der Waals surface area contributed by atoms with Crippen LogP contribution in [0.15, 0.2) is 40.9 Å². The molecule has 3 aromatic rings. The molecule has 0 spiro atoms. The number of hydrogen-bond acceptors (Lipinski definition) is 7. The number of aromatic nitrogens is 3. The van der Waals surface area contributed by atoms with E-state index in [0.717, 1.165) is 53.0 Å². The van der Waals surface area contributed by atoms with Crippen LogP contribution in [0.4, 0.5) is 5.69 Å². The SMILES string of the molecule is CC(=O)N1CCc2cc(C(=O)[C@H](C)Sc3nnc(-c4cccs4)n3C[C@H]3CCCO3)ccc21. The van der Waals surface area contributed by atoms with Crippen molar-refractivity contribution in [2.45, 2.75) is 56.2 Å². The fraction of sp³-hybridized carbons (Fsp3) is 0.417. The van der Waals surface area contributed by atoms with Crippen molar-refractivity contribution in [3.8, 4) is 10.7 Å². The Balaban J connectivity index is 1.37. The van der Waals surface area contributed by atoms with Crippen LogP contribution in [0.5, 0.6) is 0 Å². The minimum Gasteiger partial charge on any atom is -0.376 e. The van der Waals surface area contributed by atoms with Crippen LogP contribution in [0.25, 0.3) is 10.7 Å².